The van der Waals surface area contributed by atoms with Gasteiger partial charge in [0, 0.05) is 5.92 Å². The van der Waals surface area contributed by atoms with E-state index in [-0.39, 0.29) is 5.92 Å². The summed E-state index contributed by atoms with van der Waals surface area (Å²) in [7, 11) is 0. The van der Waals surface area contributed by atoms with Gasteiger partial charge < -0.3 is 10.5 Å². The molecule has 0 saturated heterocycles. The Hall–Kier alpha value is -2.58. The minimum atomic E-state index is 0.278. The highest BCUT2D eigenvalue weighted by atomic mass is 16.5. The summed E-state index contributed by atoms with van der Waals surface area (Å²) in [6.07, 6.45) is 0.938. The fourth-order valence-electron chi connectivity index (χ4n) is 3.27. The molecular formula is C23H25NO. The van der Waals surface area contributed by atoms with Gasteiger partial charge in [0.25, 0.3) is 0 Å². The van der Waals surface area contributed by atoms with Gasteiger partial charge in [-0.05, 0) is 62.2 Å². The first-order valence-corrected chi connectivity index (χ1v) is 8.74. The maximum atomic E-state index is 6.09. The Morgan fingerprint density at radius 3 is 2.16 bits per heavy atom. The van der Waals surface area contributed by atoms with Crippen molar-refractivity contribution in [2.75, 3.05) is 6.54 Å². The third kappa shape index (κ3) is 4.71. The van der Waals surface area contributed by atoms with Crippen molar-refractivity contribution in [3.05, 3.63) is 95.1 Å². The van der Waals surface area contributed by atoms with Crippen molar-refractivity contribution < 1.29 is 4.74 Å². The first-order chi connectivity index (χ1) is 12.1. The lowest BCUT2D eigenvalue weighted by molar-refractivity contribution is 0.481. The monoisotopic (exact) mass is 331 g/mol. The Labute approximate surface area is 150 Å². The Balaban J connectivity index is 1.80. The molecule has 0 heterocycles. The SMILES string of the molecule is Cc1cc(C)cc(CC(CN)c2cccc(Oc3ccccc3)c2)c1. The molecule has 0 aliphatic heterocycles. The van der Waals surface area contributed by atoms with Crippen LogP contribution in [0.15, 0.2) is 72.8 Å². The molecule has 2 N–H and O–H groups in total. The van der Waals surface area contributed by atoms with Crippen LogP contribution in [0.5, 0.6) is 11.5 Å². The van der Waals surface area contributed by atoms with Gasteiger partial charge in [0.15, 0.2) is 0 Å². The van der Waals surface area contributed by atoms with E-state index in [1.165, 1.54) is 22.3 Å². The second-order valence-electron chi connectivity index (χ2n) is 6.62. The van der Waals surface area contributed by atoms with E-state index in [1.807, 2.05) is 42.5 Å². The molecule has 0 spiro atoms. The van der Waals surface area contributed by atoms with Gasteiger partial charge in [0.1, 0.15) is 11.5 Å². The van der Waals surface area contributed by atoms with Crippen molar-refractivity contribution in [3.63, 3.8) is 0 Å². The minimum absolute atomic E-state index is 0.278. The van der Waals surface area contributed by atoms with Crippen LogP contribution in [0.2, 0.25) is 0 Å². The predicted molar refractivity (Wildman–Crippen MR) is 104 cm³/mol. The second kappa shape index (κ2) is 8.00. The van der Waals surface area contributed by atoms with Gasteiger partial charge in [-0.2, -0.15) is 0 Å². The van der Waals surface area contributed by atoms with Crippen LogP contribution in [0.1, 0.15) is 28.2 Å². The summed E-state index contributed by atoms with van der Waals surface area (Å²) in [5.41, 5.74) is 11.2. The van der Waals surface area contributed by atoms with E-state index >= 15 is 0 Å². The topological polar surface area (TPSA) is 35.2 Å². The average molecular weight is 331 g/mol. The molecule has 0 amide bonds. The quantitative estimate of drug-likeness (QED) is 0.658. The first-order valence-electron chi connectivity index (χ1n) is 8.74. The van der Waals surface area contributed by atoms with Crippen LogP contribution >= 0.6 is 0 Å². The Morgan fingerprint density at radius 2 is 1.48 bits per heavy atom. The van der Waals surface area contributed by atoms with E-state index < -0.39 is 0 Å². The molecule has 0 fully saturated rings. The zero-order valence-electron chi connectivity index (χ0n) is 14.9. The molecule has 0 radical (unpaired) electrons. The largest absolute Gasteiger partial charge is 0.457 e. The number of nitrogens with two attached hydrogens (primary N) is 1. The summed E-state index contributed by atoms with van der Waals surface area (Å²) in [6, 6.07) is 24.8. The molecule has 25 heavy (non-hydrogen) atoms. The lowest BCUT2D eigenvalue weighted by Crippen LogP contribution is -2.15. The van der Waals surface area contributed by atoms with Gasteiger partial charge >= 0.3 is 0 Å². The molecule has 0 saturated carbocycles. The molecule has 3 rings (SSSR count). The van der Waals surface area contributed by atoms with Crippen LogP contribution in [0.25, 0.3) is 0 Å². The molecule has 2 heteroatoms. The summed E-state index contributed by atoms with van der Waals surface area (Å²) >= 11 is 0. The molecule has 1 atom stereocenters. The number of hydrogen-bond acceptors (Lipinski definition) is 2. The number of hydrogen-bond donors (Lipinski definition) is 1. The normalized spacial score (nSPS) is 12.0. The van der Waals surface area contributed by atoms with Crippen molar-refractivity contribution in [1.29, 1.82) is 0 Å². The van der Waals surface area contributed by atoms with Crippen molar-refractivity contribution in [1.82, 2.24) is 0 Å². The van der Waals surface area contributed by atoms with Crippen molar-refractivity contribution >= 4 is 0 Å². The maximum absolute atomic E-state index is 6.09. The number of aryl methyl sites for hydroxylation is 2. The van der Waals surface area contributed by atoms with Gasteiger partial charge in [0.2, 0.25) is 0 Å². The van der Waals surface area contributed by atoms with Crippen LogP contribution in [0.4, 0.5) is 0 Å². The molecule has 0 bridgehead atoms. The van der Waals surface area contributed by atoms with Gasteiger partial charge in [-0.15, -0.1) is 0 Å². The van der Waals surface area contributed by atoms with Crippen LogP contribution in [0, 0.1) is 13.8 Å². The third-order valence-electron chi connectivity index (χ3n) is 4.36. The molecule has 3 aromatic rings. The Morgan fingerprint density at radius 1 is 0.800 bits per heavy atom. The molecule has 3 aromatic carbocycles. The molecule has 0 aromatic heterocycles. The summed E-state index contributed by atoms with van der Waals surface area (Å²) < 4.78 is 5.96. The highest BCUT2D eigenvalue weighted by molar-refractivity contribution is 5.37. The van der Waals surface area contributed by atoms with E-state index in [4.69, 9.17) is 10.5 Å². The molecular weight excluding hydrogens is 306 g/mol. The van der Waals surface area contributed by atoms with Crippen LogP contribution in [-0.2, 0) is 6.42 Å². The summed E-state index contributed by atoms with van der Waals surface area (Å²) in [6.45, 7) is 4.90. The lowest BCUT2D eigenvalue weighted by atomic mass is 9.91. The summed E-state index contributed by atoms with van der Waals surface area (Å²) in [5.74, 6) is 1.97. The van der Waals surface area contributed by atoms with E-state index in [2.05, 4.69) is 44.2 Å². The predicted octanol–water partition coefficient (Wildman–Crippen LogP) is 5.38. The number of para-hydroxylation sites is 1. The highest BCUT2D eigenvalue weighted by Gasteiger charge is 2.12. The summed E-state index contributed by atoms with van der Waals surface area (Å²) in [5, 5.41) is 0. The summed E-state index contributed by atoms with van der Waals surface area (Å²) in [4.78, 5) is 0. The van der Waals surface area contributed by atoms with Crippen LogP contribution < -0.4 is 10.5 Å². The van der Waals surface area contributed by atoms with Crippen LogP contribution in [-0.4, -0.2) is 6.54 Å². The zero-order valence-corrected chi connectivity index (χ0v) is 14.9. The van der Waals surface area contributed by atoms with Crippen molar-refractivity contribution in [3.8, 4) is 11.5 Å². The van der Waals surface area contributed by atoms with E-state index in [9.17, 15) is 0 Å². The maximum Gasteiger partial charge on any atom is 0.127 e. The first kappa shape index (κ1) is 17.2. The number of benzene rings is 3. The molecule has 128 valence electrons. The van der Waals surface area contributed by atoms with E-state index in [0.717, 1.165) is 17.9 Å². The van der Waals surface area contributed by atoms with Gasteiger partial charge in [-0.1, -0.05) is 59.7 Å². The highest BCUT2D eigenvalue weighted by Crippen LogP contribution is 2.27. The van der Waals surface area contributed by atoms with Crippen molar-refractivity contribution in [2.45, 2.75) is 26.2 Å². The third-order valence-corrected chi connectivity index (χ3v) is 4.36. The van der Waals surface area contributed by atoms with Crippen LogP contribution in [0.3, 0.4) is 0 Å². The number of rotatable bonds is 6. The molecule has 1 unspecified atom stereocenters. The van der Waals surface area contributed by atoms with Gasteiger partial charge in [0.05, 0.1) is 0 Å². The smallest absolute Gasteiger partial charge is 0.127 e. The minimum Gasteiger partial charge on any atom is -0.457 e. The fourth-order valence-corrected chi connectivity index (χ4v) is 3.27. The molecule has 2 nitrogen and oxygen atoms in total. The standard InChI is InChI=1S/C23H25NO/c1-17-11-18(2)13-19(12-17)14-21(16-24)20-7-6-10-23(15-20)25-22-8-4-3-5-9-22/h3-13,15,21H,14,16,24H2,1-2H3. The number of ether oxygens (including phenoxy) is 1. The Kier molecular flexibility index (Phi) is 5.52. The molecule has 0 aliphatic carbocycles. The second-order valence-corrected chi connectivity index (χ2v) is 6.62. The van der Waals surface area contributed by atoms with Gasteiger partial charge in [-0.25, -0.2) is 0 Å². The fraction of sp³-hybridized carbons (Fsp3) is 0.217. The van der Waals surface area contributed by atoms with Gasteiger partial charge in [-0.3, -0.25) is 0 Å². The zero-order chi connectivity index (χ0) is 17.6. The van der Waals surface area contributed by atoms with Crippen molar-refractivity contribution in [2.24, 2.45) is 5.73 Å². The average Bonchev–Trinajstić information content (AvgIpc) is 2.60. The van der Waals surface area contributed by atoms with E-state index in [1.54, 1.807) is 0 Å². The van der Waals surface area contributed by atoms with E-state index in [0.29, 0.717) is 6.54 Å². The lowest BCUT2D eigenvalue weighted by Gasteiger charge is -2.17. The Bertz CT molecular complexity index is 806. The molecule has 0 aliphatic rings.